The van der Waals surface area contributed by atoms with E-state index in [9.17, 15) is 9.59 Å². The summed E-state index contributed by atoms with van der Waals surface area (Å²) in [6, 6.07) is 13.7. The van der Waals surface area contributed by atoms with Crippen molar-refractivity contribution in [3.63, 3.8) is 0 Å². The number of hydrogen-bond acceptors (Lipinski definition) is 3. The molecule has 0 saturated carbocycles. The maximum atomic E-state index is 12.2. The topological polar surface area (TPSA) is 46.2 Å². The molecule has 2 aromatic carbocycles. The van der Waals surface area contributed by atoms with E-state index in [1.807, 2.05) is 6.07 Å². The molecule has 0 aliphatic heterocycles. The number of anilines is 1. The molecule has 106 valence electrons. The first-order valence-corrected chi connectivity index (χ1v) is 6.78. The Morgan fingerprint density at radius 1 is 1.14 bits per heavy atom. The van der Waals surface area contributed by atoms with Crippen molar-refractivity contribution in [2.45, 2.75) is 0 Å². The minimum Gasteiger partial charge on any atom is -0.385 e. The lowest BCUT2D eigenvalue weighted by Gasteiger charge is -1.96. The number of hydrogen-bond donors (Lipinski definition) is 1. The van der Waals surface area contributed by atoms with Crippen LogP contribution in [0.15, 0.2) is 59.4 Å². The van der Waals surface area contributed by atoms with Gasteiger partial charge in [-0.2, -0.15) is 0 Å². The Bertz CT molecular complexity index is 754. The third-order valence-electron chi connectivity index (χ3n) is 2.94. The number of halogens is 1. The van der Waals surface area contributed by atoms with Crippen molar-refractivity contribution in [1.29, 1.82) is 0 Å². The molecule has 0 spiro atoms. The number of rotatable bonds is 4. The predicted molar refractivity (Wildman–Crippen MR) is 87.1 cm³/mol. The summed E-state index contributed by atoms with van der Waals surface area (Å²) in [6.07, 6.45) is 3.02. The fourth-order valence-electron chi connectivity index (χ4n) is 1.86. The molecule has 1 N–H and O–H groups in total. The maximum Gasteiger partial charge on any atom is 0.212 e. The van der Waals surface area contributed by atoms with Gasteiger partial charge in [-0.3, -0.25) is 9.59 Å². The molecule has 0 aliphatic rings. The Balaban J connectivity index is 2.34. The molecule has 0 amide bonds. The largest absolute Gasteiger partial charge is 0.385 e. The van der Waals surface area contributed by atoms with E-state index in [0.717, 1.165) is 5.56 Å². The monoisotopic (exact) mass is 299 g/mol. The lowest BCUT2D eigenvalue weighted by Crippen LogP contribution is -2.14. The highest BCUT2D eigenvalue weighted by atomic mass is 35.5. The van der Waals surface area contributed by atoms with Gasteiger partial charge in [0.15, 0.2) is 5.78 Å². The molecule has 0 fully saturated rings. The van der Waals surface area contributed by atoms with Crippen LogP contribution >= 0.6 is 11.6 Å². The highest BCUT2D eigenvalue weighted by molar-refractivity contribution is 6.30. The SMILES string of the molecule is CNc1ccccc(C(=O)/C=C/c2cccc(Cl)c2)c1=O. The highest BCUT2D eigenvalue weighted by Crippen LogP contribution is 2.12. The average molecular weight is 300 g/mol. The van der Waals surface area contributed by atoms with E-state index in [1.165, 1.54) is 12.1 Å². The molecule has 4 heteroatoms. The Labute approximate surface area is 127 Å². The zero-order valence-electron chi connectivity index (χ0n) is 11.5. The first kappa shape index (κ1) is 15.0. The van der Waals surface area contributed by atoms with Gasteiger partial charge in [0, 0.05) is 12.1 Å². The molecule has 2 rings (SSSR count). The van der Waals surface area contributed by atoms with Gasteiger partial charge in [0.2, 0.25) is 5.43 Å². The van der Waals surface area contributed by atoms with Crippen LogP contribution in [-0.2, 0) is 0 Å². The second-order valence-electron chi connectivity index (χ2n) is 4.38. The highest BCUT2D eigenvalue weighted by Gasteiger charge is 2.08. The minimum absolute atomic E-state index is 0.127. The maximum absolute atomic E-state index is 12.2. The molecule has 0 heterocycles. The number of allylic oxidation sites excluding steroid dienone is 1. The fraction of sp³-hybridized carbons (Fsp3) is 0.0588. The smallest absolute Gasteiger partial charge is 0.212 e. The average Bonchev–Trinajstić information content (AvgIpc) is 2.66. The van der Waals surface area contributed by atoms with Crippen LogP contribution in [0.1, 0.15) is 15.9 Å². The second kappa shape index (κ2) is 6.86. The van der Waals surface area contributed by atoms with Crippen LogP contribution in [0.5, 0.6) is 0 Å². The van der Waals surface area contributed by atoms with Gasteiger partial charge in [-0.05, 0) is 35.9 Å². The first-order valence-electron chi connectivity index (χ1n) is 6.41. The summed E-state index contributed by atoms with van der Waals surface area (Å²) >= 11 is 5.88. The van der Waals surface area contributed by atoms with Gasteiger partial charge in [0.25, 0.3) is 0 Å². The molecule has 0 bridgehead atoms. The zero-order valence-corrected chi connectivity index (χ0v) is 12.2. The zero-order chi connectivity index (χ0) is 15.2. The second-order valence-corrected chi connectivity index (χ2v) is 4.81. The van der Waals surface area contributed by atoms with Crippen LogP contribution in [0.2, 0.25) is 5.02 Å². The van der Waals surface area contributed by atoms with E-state index >= 15 is 0 Å². The third kappa shape index (κ3) is 3.80. The molecule has 0 unspecified atom stereocenters. The lowest BCUT2D eigenvalue weighted by molar-refractivity contribution is 0.104. The summed E-state index contributed by atoms with van der Waals surface area (Å²) in [6.45, 7) is 0. The summed E-state index contributed by atoms with van der Waals surface area (Å²) in [7, 11) is 1.65. The molecule has 0 aliphatic carbocycles. The van der Waals surface area contributed by atoms with Crippen molar-refractivity contribution in [2.75, 3.05) is 12.4 Å². The standard InChI is InChI=1S/C17H14ClNO2/c1-19-15-8-3-2-7-14(17(15)21)16(20)10-9-12-5-4-6-13(18)11-12/h2-11H,1H3,(H,19,21)/b10-9+. The van der Waals surface area contributed by atoms with Crippen LogP contribution in [-0.4, -0.2) is 12.8 Å². The van der Waals surface area contributed by atoms with Crippen LogP contribution in [0.4, 0.5) is 5.69 Å². The molecule has 0 atom stereocenters. The molecule has 3 nitrogen and oxygen atoms in total. The van der Waals surface area contributed by atoms with Gasteiger partial charge in [-0.1, -0.05) is 41.9 Å². The molecule has 0 radical (unpaired) electrons. The van der Waals surface area contributed by atoms with Crippen molar-refractivity contribution in [3.05, 3.63) is 81.0 Å². The van der Waals surface area contributed by atoms with E-state index in [1.54, 1.807) is 49.5 Å². The number of carbonyl (C=O) groups is 1. The third-order valence-corrected chi connectivity index (χ3v) is 3.17. The Morgan fingerprint density at radius 2 is 1.90 bits per heavy atom. The van der Waals surface area contributed by atoms with Gasteiger partial charge < -0.3 is 5.32 Å². The van der Waals surface area contributed by atoms with Crippen molar-refractivity contribution < 1.29 is 4.79 Å². The lowest BCUT2D eigenvalue weighted by atomic mass is 10.1. The number of benzene rings is 1. The van der Waals surface area contributed by atoms with Crippen LogP contribution in [0.3, 0.4) is 0 Å². The summed E-state index contributed by atoms with van der Waals surface area (Å²) < 4.78 is 0. The molecular weight excluding hydrogens is 286 g/mol. The van der Waals surface area contributed by atoms with Crippen LogP contribution in [0, 0.1) is 0 Å². The first-order chi connectivity index (χ1) is 10.1. The molecule has 21 heavy (non-hydrogen) atoms. The van der Waals surface area contributed by atoms with Crippen LogP contribution in [0.25, 0.3) is 6.08 Å². The summed E-state index contributed by atoms with van der Waals surface area (Å²) in [5.74, 6) is -0.340. The molecular formula is C17H14ClNO2. The minimum atomic E-state index is -0.340. The van der Waals surface area contributed by atoms with Gasteiger partial charge in [0.1, 0.15) is 0 Å². The van der Waals surface area contributed by atoms with Gasteiger partial charge in [-0.15, -0.1) is 0 Å². The summed E-state index contributed by atoms with van der Waals surface area (Å²) in [4.78, 5) is 24.4. The predicted octanol–water partition coefficient (Wildman–Crippen LogP) is 3.64. The Morgan fingerprint density at radius 3 is 2.62 bits per heavy atom. The number of carbonyl (C=O) groups excluding carboxylic acids is 1. The normalized spacial score (nSPS) is 10.6. The summed E-state index contributed by atoms with van der Waals surface area (Å²) in [5.41, 5.74) is 1.00. The quantitative estimate of drug-likeness (QED) is 0.692. The van der Waals surface area contributed by atoms with E-state index in [2.05, 4.69) is 5.32 Å². The van der Waals surface area contributed by atoms with Crippen LogP contribution < -0.4 is 10.7 Å². The fourth-order valence-corrected chi connectivity index (χ4v) is 2.06. The Hall–Kier alpha value is -2.39. The van der Waals surface area contributed by atoms with Crippen molar-refractivity contribution in [3.8, 4) is 0 Å². The van der Waals surface area contributed by atoms with E-state index in [4.69, 9.17) is 11.6 Å². The molecule has 0 aromatic heterocycles. The van der Waals surface area contributed by atoms with E-state index < -0.39 is 0 Å². The van der Waals surface area contributed by atoms with Gasteiger partial charge in [-0.25, -0.2) is 0 Å². The van der Waals surface area contributed by atoms with Gasteiger partial charge >= 0.3 is 0 Å². The molecule has 0 saturated heterocycles. The van der Waals surface area contributed by atoms with Crippen molar-refractivity contribution >= 4 is 29.1 Å². The number of nitrogens with one attached hydrogen (secondary N) is 1. The van der Waals surface area contributed by atoms with Gasteiger partial charge in [0.05, 0.1) is 11.3 Å². The number of ketones is 1. The Kier molecular flexibility index (Phi) is 4.90. The van der Waals surface area contributed by atoms with Crippen molar-refractivity contribution in [1.82, 2.24) is 0 Å². The van der Waals surface area contributed by atoms with Crippen molar-refractivity contribution in [2.24, 2.45) is 0 Å². The molecule has 2 aromatic rings. The summed E-state index contributed by atoms with van der Waals surface area (Å²) in [5, 5.41) is 3.38. The van der Waals surface area contributed by atoms with E-state index in [0.29, 0.717) is 10.7 Å². The van der Waals surface area contributed by atoms with E-state index in [-0.39, 0.29) is 16.8 Å².